The van der Waals surface area contributed by atoms with Gasteiger partial charge in [0.05, 0.1) is 28.4 Å². The number of hydrogen-bond acceptors (Lipinski definition) is 22. The van der Waals surface area contributed by atoms with Crippen LogP contribution in [0.5, 0.6) is 46.0 Å². The quantitative estimate of drug-likeness (QED) is 0.0458. The van der Waals surface area contributed by atoms with E-state index in [9.17, 15) is 30.6 Å². The van der Waals surface area contributed by atoms with Crippen molar-refractivity contribution in [1.82, 2.24) is 0 Å². The molecule has 0 aromatic heterocycles. The van der Waals surface area contributed by atoms with Crippen molar-refractivity contribution in [1.29, 1.82) is 0 Å². The molecule has 0 fully saturated rings. The SMILES string of the molecule is CO.CO.CO.CO.CO.CO.COc1cccc(C=NCC([O-])CN=Cc2cccc(OC)c2[O-])c1[O-].COc1cccc(C=NCC([O-])CN=Cc2cccc(OC)c2[O-])c1[O-].C[O-].C[O-].[Zn+2].[Zn+2].[Zn+2].[Zn+2]. The number of para-hydroxylation sites is 4. The Hall–Kier alpha value is -3.95. The molecule has 4 aromatic carbocycles. The minimum absolute atomic E-state index is 0. The zero-order valence-corrected chi connectivity index (χ0v) is 55.3. The second kappa shape index (κ2) is 67.1. The predicted molar refractivity (Wildman–Crippen MR) is 248 cm³/mol. The number of rotatable bonds is 16. The second-order valence-electron chi connectivity index (χ2n) is 10.7. The van der Waals surface area contributed by atoms with E-state index in [2.05, 4.69) is 20.0 Å². The molecule has 0 saturated heterocycles. The molecule has 0 spiro atoms. The van der Waals surface area contributed by atoms with E-state index in [1.165, 1.54) is 53.3 Å². The maximum absolute atomic E-state index is 11.9. The van der Waals surface area contributed by atoms with Gasteiger partial charge in [0, 0.05) is 93.7 Å². The summed E-state index contributed by atoms with van der Waals surface area (Å²) in [4.78, 5) is 16.0. The Kier molecular flexibility index (Phi) is 84.6. The normalized spacial score (nSPS) is 9.75. The predicted octanol–water partition coefficient (Wildman–Crippen LogP) is -4.17. The first-order valence-corrected chi connectivity index (χ1v) is 19.3. The molecular formula is C46H68N4O18Zn4. The van der Waals surface area contributed by atoms with Gasteiger partial charge < -0.3 is 90.4 Å². The van der Waals surface area contributed by atoms with Gasteiger partial charge in [-0.15, -0.1) is 0 Å². The minimum atomic E-state index is -1.08. The molecule has 0 unspecified atom stereocenters. The van der Waals surface area contributed by atoms with E-state index in [-0.39, 0.29) is 150 Å². The Morgan fingerprint density at radius 3 is 0.653 bits per heavy atom. The van der Waals surface area contributed by atoms with Crippen molar-refractivity contribution in [2.75, 3.05) is 111 Å². The molecular weight excluding hydrogens is 1160 g/mol. The zero-order chi connectivity index (χ0) is 53.9. The number of aliphatic hydroxyl groups excluding tert-OH is 6. The molecule has 6 N–H and O–H groups in total. The van der Waals surface area contributed by atoms with Gasteiger partial charge in [0.2, 0.25) is 0 Å². The molecule has 4 aromatic rings. The molecule has 72 heavy (non-hydrogen) atoms. The fourth-order valence-electron chi connectivity index (χ4n) is 4.37. The van der Waals surface area contributed by atoms with E-state index >= 15 is 0 Å². The van der Waals surface area contributed by atoms with Crippen LogP contribution in [-0.4, -0.2) is 179 Å². The fourth-order valence-corrected chi connectivity index (χ4v) is 4.37. The maximum atomic E-state index is 11.9. The number of benzene rings is 4. The summed E-state index contributed by atoms with van der Waals surface area (Å²) in [5, 5.41) is 130. The van der Waals surface area contributed by atoms with E-state index in [0.717, 1.165) is 56.9 Å². The molecule has 22 nitrogen and oxygen atoms in total. The molecule has 0 heterocycles. The average molecular weight is 1230 g/mol. The summed E-state index contributed by atoms with van der Waals surface area (Å²) in [5.41, 5.74) is 1.42. The van der Waals surface area contributed by atoms with Crippen molar-refractivity contribution in [2.45, 2.75) is 12.2 Å². The number of aliphatic hydroxyl groups is 6. The van der Waals surface area contributed by atoms with Gasteiger partial charge in [-0.1, -0.05) is 83.7 Å². The Bertz CT molecular complexity index is 1620. The molecule has 0 bridgehead atoms. The number of hydrogen-bond donors (Lipinski definition) is 6. The molecule has 388 valence electrons. The first-order chi connectivity index (χ1) is 33.1. The van der Waals surface area contributed by atoms with E-state index in [1.54, 1.807) is 72.8 Å². The van der Waals surface area contributed by atoms with Gasteiger partial charge in [-0.05, 0) is 46.5 Å². The van der Waals surface area contributed by atoms with Crippen LogP contribution in [0.3, 0.4) is 0 Å². The summed E-state index contributed by atoms with van der Waals surface area (Å²) < 4.78 is 19.8. The van der Waals surface area contributed by atoms with Gasteiger partial charge in [-0.25, -0.2) is 0 Å². The van der Waals surface area contributed by atoms with Gasteiger partial charge >= 0.3 is 77.9 Å². The Labute approximate surface area is 474 Å². The Morgan fingerprint density at radius 1 is 0.361 bits per heavy atom. The van der Waals surface area contributed by atoms with Crippen molar-refractivity contribution in [3.05, 3.63) is 95.1 Å². The van der Waals surface area contributed by atoms with Crippen LogP contribution in [0, 0.1) is 0 Å². The first kappa shape index (κ1) is 90.8. The maximum Gasteiger partial charge on any atom is 2.00 e. The molecule has 0 aliphatic heterocycles. The molecule has 0 atom stereocenters. The third-order valence-electron chi connectivity index (χ3n) is 7.07. The second-order valence-corrected chi connectivity index (χ2v) is 10.7. The van der Waals surface area contributed by atoms with Gasteiger partial charge in [0.1, 0.15) is 23.0 Å². The number of nitrogens with zero attached hydrogens (tertiary/aromatic N) is 4. The topological polar surface area (TPSA) is 392 Å². The van der Waals surface area contributed by atoms with E-state index in [4.69, 9.17) is 59.8 Å². The van der Waals surface area contributed by atoms with Crippen LogP contribution < -0.4 is 59.8 Å². The average Bonchev–Trinajstić information content (AvgIpc) is 3.41. The van der Waals surface area contributed by atoms with Crippen LogP contribution in [0.2, 0.25) is 0 Å². The summed E-state index contributed by atoms with van der Waals surface area (Å²) in [6, 6.07) is 19.4. The number of ether oxygens (including phenoxy) is 4. The third-order valence-corrected chi connectivity index (χ3v) is 7.07. The monoisotopic (exact) mass is 1220 g/mol. The van der Waals surface area contributed by atoms with Gasteiger partial charge in [0.15, 0.2) is 0 Å². The van der Waals surface area contributed by atoms with Crippen LogP contribution in [0.15, 0.2) is 92.8 Å². The van der Waals surface area contributed by atoms with Gasteiger partial charge in [-0.3, -0.25) is 20.0 Å². The van der Waals surface area contributed by atoms with E-state index in [0.29, 0.717) is 22.3 Å². The summed E-state index contributed by atoms with van der Waals surface area (Å²) in [7, 11) is 13.2. The zero-order valence-electron chi connectivity index (χ0n) is 43.4. The van der Waals surface area contributed by atoms with Crippen molar-refractivity contribution in [2.24, 2.45) is 20.0 Å². The van der Waals surface area contributed by atoms with Gasteiger partial charge in [-0.2, -0.15) is 14.2 Å². The van der Waals surface area contributed by atoms with E-state index < -0.39 is 12.2 Å². The molecule has 0 aliphatic carbocycles. The summed E-state index contributed by atoms with van der Waals surface area (Å²) in [5.74, 6) is -0.207. The summed E-state index contributed by atoms with van der Waals surface area (Å²) >= 11 is 0. The van der Waals surface area contributed by atoms with Crippen LogP contribution in [0.4, 0.5) is 0 Å². The van der Waals surface area contributed by atoms with Crippen molar-refractivity contribution < 1.29 is 168 Å². The largest absolute Gasteiger partial charge is 2.00 e. The Morgan fingerprint density at radius 2 is 0.514 bits per heavy atom. The molecule has 0 radical (unpaired) electrons. The molecule has 0 saturated carbocycles. The van der Waals surface area contributed by atoms with Crippen molar-refractivity contribution in [3.63, 3.8) is 0 Å². The van der Waals surface area contributed by atoms with Crippen LogP contribution in [0.25, 0.3) is 0 Å². The molecule has 0 amide bonds. The molecule has 26 heteroatoms. The van der Waals surface area contributed by atoms with Gasteiger partial charge in [0.25, 0.3) is 0 Å². The molecule has 0 aliphatic rings. The van der Waals surface area contributed by atoms with Crippen LogP contribution >= 0.6 is 0 Å². The van der Waals surface area contributed by atoms with Crippen LogP contribution in [0.1, 0.15) is 22.3 Å². The smallest absolute Gasteiger partial charge is 0.870 e. The Balaban J connectivity index is -0.0000000998. The van der Waals surface area contributed by atoms with Crippen LogP contribution in [-0.2, 0) is 77.9 Å². The summed E-state index contributed by atoms with van der Waals surface area (Å²) in [6.45, 7) is -0.126. The number of methoxy groups -OCH3 is 4. The van der Waals surface area contributed by atoms with E-state index in [1.807, 2.05) is 0 Å². The first-order valence-electron chi connectivity index (χ1n) is 19.3. The number of aliphatic imine (C=N–C) groups is 4. The standard InChI is InChI=1S/2C19H21N2O5.6CH4O.2CH3O.4Zn/c2*1-25-16-7-3-5-13(18(16)23)9-20-11-15(22)12-21-10-14-6-4-8-17(26-2)19(14)24;8*1-2;;;;/h2*3-10,15,23-24H,11-12H2,1-2H3;6*2H,1H3;2*1H3;;;;/q2*-1;;;;;;;2*-1;4*+2/p-4. The minimum Gasteiger partial charge on any atom is -0.870 e. The summed E-state index contributed by atoms with van der Waals surface area (Å²) in [6.07, 6.45) is 3.27. The van der Waals surface area contributed by atoms with Crippen molar-refractivity contribution in [3.8, 4) is 46.0 Å². The fraction of sp³-hybridized carbons (Fsp3) is 0.391. The molecule has 4 rings (SSSR count). The van der Waals surface area contributed by atoms with Crippen molar-refractivity contribution >= 4 is 24.9 Å². The third kappa shape index (κ3) is 39.6.